The van der Waals surface area contributed by atoms with Gasteiger partial charge in [0.05, 0.1) is 18.6 Å². The van der Waals surface area contributed by atoms with Crippen LogP contribution in [0.25, 0.3) is 0 Å². The van der Waals surface area contributed by atoms with E-state index in [1.54, 1.807) is 12.5 Å². The molecule has 0 saturated carbocycles. The van der Waals surface area contributed by atoms with Crippen molar-refractivity contribution in [2.24, 2.45) is 0 Å². The molecule has 0 spiro atoms. The summed E-state index contributed by atoms with van der Waals surface area (Å²) in [6.45, 7) is 7.44. The first kappa shape index (κ1) is 12.7. The third kappa shape index (κ3) is 5.50. The normalized spacial score (nSPS) is 11.4. The zero-order valence-electron chi connectivity index (χ0n) is 10.1. The first-order valence-corrected chi connectivity index (χ1v) is 5.46. The van der Waals surface area contributed by atoms with Crippen LogP contribution in [0, 0.1) is 0 Å². The Hall–Kier alpha value is -1.36. The molecule has 0 saturated heterocycles. The van der Waals surface area contributed by atoms with Gasteiger partial charge in [-0.15, -0.1) is 0 Å². The maximum Gasteiger partial charge on any atom is 0.221 e. The third-order valence-electron chi connectivity index (χ3n) is 2.04. The van der Waals surface area contributed by atoms with E-state index in [0.29, 0.717) is 19.5 Å². The lowest BCUT2D eigenvalue weighted by Gasteiger charge is -2.20. The smallest absolute Gasteiger partial charge is 0.221 e. The number of hydrogen-bond donors (Lipinski definition) is 3. The average molecular weight is 224 g/mol. The van der Waals surface area contributed by atoms with Crippen LogP contribution in [0.2, 0.25) is 0 Å². The zero-order valence-corrected chi connectivity index (χ0v) is 10.1. The van der Waals surface area contributed by atoms with Gasteiger partial charge in [-0.25, -0.2) is 4.98 Å². The lowest BCUT2D eigenvalue weighted by Crippen LogP contribution is -2.38. The molecule has 0 aliphatic heterocycles. The molecule has 0 fully saturated rings. The second-order valence-corrected chi connectivity index (χ2v) is 4.78. The summed E-state index contributed by atoms with van der Waals surface area (Å²) in [7, 11) is 0. The maximum atomic E-state index is 11.4. The minimum absolute atomic E-state index is 0.0475. The molecule has 1 aromatic heterocycles. The molecule has 0 radical (unpaired) electrons. The van der Waals surface area contributed by atoms with Gasteiger partial charge in [0.15, 0.2) is 0 Å². The number of aromatic nitrogens is 2. The Labute approximate surface area is 96.0 Å². The summed E-state index contributed by atoms with van der Waals surface area (Å²) in [5.74, 6) is 0.0475. The molecule has 5 nitrogen and oxygen atoms in total. The summed E-state index contributed by atoms with van der Waals surface area (Å²) < 4.78 is 0. The summed E-state index contributed by atoms with van der Waals surface area (Å²) in [5, 5.41) is 6.09. The Bertz CT molecular complexity index is 313. The van der Waals surface area contributed by atoms with Crippen molar-refractivity contribution in [2.45, 2.75) is 39.3 Å². The fraction of sp³-hybridized carbons (Fsp3) is 0.636. The van der Waals surface area contributed by atoms with Gasteiger partial charge in [0.1, 0.15) is 0 Å². The van der Waals surface area contributed by atoms with Crippen LogP contribution in [0.1, 0.15) is 32.9 Å². The quantitative estimate of drug-likeness (QED) is 0.693. The first-order valence-electron chi connectivity index (χ1n) is 5.46. The molecule has 5 heteroatoms. The molecular weight excluding hydrogens is 204 g/mol. The van der Waals surface area contributed by atoms with Gasteiger partial charge in [0.2, 0.25) is 5.91 Å². The monoisotopic (exact) mass is 224 g/mol. The van der Waals surface area contributed by atoms with E-state index in [1.807, 2.05) is 0 Å². The van der Waals surface area contributed by atoms with Gasteiger partial charge in [-0.1, -0.05) is 0 Å². The standard InChI is InChI=1S/C11H20N4O/c1-11(2,3)15-5-4-10(16)13-7-9-6-12-8-14-9/h6,8,15H,4-5,7H2,1-3H3,(H,12,14)(H,13,16). The van der Waals surface area contributed by atoms with Crippen LogP contribution in [0.4, 0.5) is 0 Å². The molecule has 0 atom stereocenters. The fourth-order valence-corrected chi connectivity index (χ4v) is 1.21. The number of amides is 1. The zero-order chi connectivity index (χ0) is 12.0. The van der Waals surface area contributed by atoms with Crippen molar-refractivity contribution in [1.82, 2.24) is 20.6 Å². The lowest BCUT2D eigenvalue weighted by atomic mass is 10.1. The highest BCUT2D eigenvalue weighted by Gasteiger charge is 2.09. The predicted molar refractivity (Wildman–Crippen MR) is 62.8 cm³/mol. The van der Waals surface area contributed by atoms with E-state index in [-0.39, 0.29) is 11.4 Å². The highest BCUT2D eigenvalue weighted by Crippen LogP contribution is 1.98. The van der Waals surface area contributed by atoms with Crippen molar-refractivity contribution >= 4 is 5.91 Å². The van der Waals surface area contributed by atoms with E-state index in [0.717, 1.165) is 5.69 Å². The number of nitrogens with zero attached hydrogens (tertiary/aromatic N) is 1. The molecule has 1 rings (SSSR count). The topological polar surface area (TPSA) is 69.8 Å². The molecular formula is C11H20N4O. The molecule has 16 heavy (non-hydrogen) atoms. The minimum Gasteiger partial charge on any atom is -0.350 e. The van der Waals surface area contributed by atoms with E-state index >= 15 is 0 Å². The van der Waals surface area contributed by atoms with Crippen molar-refractivity contribution in [1.29, 1.82) is 0 Å². The van der Waals surface area contributed by atoms with Gasteiger partial charge in [0, 0.05) is 24.7 Å². The van der Waals surface area contributed by atoms with Crippen LogP contribution in [-0.4, -0.2) is 28.0 Å². The van der Waals surface area contributed by atoms with Gasteiger partial charge in [-0.2, -0.15) is 0 Å². The Morgan fingerprint density at radius 1 is 1.50 bits per heavy atom. The largest absolute Gasteiger partial charge is 0.350 e. The SMILES string of the molecule is CC(C)(C)NCCC(=O)NCc1cnc[nH]1. The number of carbonyl (C=O) groups is 1. The average Bonchev–Trinajstić information content (AvgIpc) is 2.65. The third-order valence-corrected chi connectivity index (χ3v) is 2.04. The van der Waals surface area contributed by atoms with Crippen LogP contribution < -0.4 is 10.6 Å². The Balaban J connectivity index is 2.12. The maximum absolute atomic E-state index is 11.4. The van der Waals surface area contributed by atoms with Crippen LogP contribution >= 0.6 is 0 Å². The molecule has 0 aromatic carbocycles. The number of H-pyrrole nitrogens is 1. The van der Waals surface area contributed by atoms with E-state index < -0.39 is 0 Å². The molecule has 0 aliphatic rings. The molecule has 3 N–H and O–H groups in total. The van der Waals surface area contributed by atoms with E-state index in [2.05, 4.69) is 41.4 Å². The number of nitrogens with one attached hydrogen (secondary N) is 3. The van der Waals surface area contributed by atoms with Gasteiger partial charge >= 0.3 is 0 Å². The van der Waals surface area contributed by atoms with E-state index in [1.165, 1.54) is 0 Å². The van der Waals surface area contributed by atoms with Gasteiger partial charge in [-0.3, -0.25) is 4.79 Å². The first-order chi connectivity index (χ1) is 7.47. The summed E-state index contributed by atoms with van der Waals surface area (Å²) >= 11 is 0. The molecule has 90 valence electrons. The second-order valence-electron chi connectivity index (χ2n) is 4.78. The number of aromatic amines is 1. The van der Waals surface area contributed by atoms with Gasteiger partial charge < -0.3 is 15.6 Å². The number of imidazole rings is 1. The number of carbonyl (C=O) groups excluding carboxylic acids is 1. The Kier molecular flexibility index (Phi) is 4.49. The van der Waals surface area contributed by atoms with E-state index in [9.17, 15) is 4.79 Å². The highest BCUT2D eigenvalue weighted by molar-refractivity contribution is 5.75. The van der Waals surface area contributed by atoms with Gasteiger partial charge in [-0.05, 0) is 20.8 Å². The molecule has 0 bridgehead atoms. The number of hydrogen-bond acceptors (Lipinski definition) is 3. The molecule has 1 aromatic rings. The van der Waals surface area contributed by atoms with Crippen LogP contribution in [-0.2, 0) is 11.3 Å². The summed E-state index contributed by atoms with van der Waals surface area (Å²) in [6, 6.07) is 0. The molecule has 0 unspecified atom stereocenters. The van der Waals surface area contributed by atoms with Crippen molar-refractivity contribution in [2.75, 3.05) is 6.54 Å². The highest BCUT2D eigenvalue weighted by atomic mass is 16.1. The van der Waals surface area contributed by atoms with E-state index in [4.69, 9.17) is 0 Å². The Morgan fingerprint density at radius 2 is 2.25 bits per heavy atom. The van der Waals surface area contributed by atoms with Crippen molar-refractivity contribution in [3.05, 3.63) is 18.2 Å². The summed E-state index contributed by atoms with van der Waals surface area (Å²) in [4.78, 5) is 18.2. The second kappa shape index (κ2) is 5.65. The molecule has 0 aliphatic carbocycles. The predicted octanol–water partition coefficient (Wildman–Crippen LogP) is 0.804. The minimum atomic E-state index is 0.0475. The summed E-state index contributed by atoms with van der Waals surface area (Å²) in [5.41, 5.74) is 0.973. The van der Waals surface area contributed by atoms with Crippen molar-refractivity contribution < 1.29 is 4.79 Å². The number of rotatable bonds is 5. The summed E-state index contributed by atoms with van der Waals surface area (Å²) in [6.07, 6.45) is 3.79. The lowest BCUT2D eigenvalue weighted by molar-refractivity contribution is -0.121. The molecule has 1 amide bonds. The molecule has 1 heterocycles. The fourth-order valence-electron chi connectivity index (χ4n) is 1.21. The Morgan fingerprint density at radius 3 is 2.81 bits per heavy atom. The van der Waals surface area contributed by atoms with Crippen molar-refractivity contribution in [3.63, 3.8) is 0 Å². The van der Waals surface area contributed by atoms with Crippen molar-refractivity contribution in [3.8, 4) is 0 Å². The van der Waals surface area contributed by atoms with Crippen LogP contribution in [0.15, 0.2) is 12.5 Å². The van der Waals surface area contributed by atoms with Gasteiger partial charge in [0.25, 0.3) is 0 Å². The van der Waals surface area contributed by atoms with Crippen LogP contribution in [0.5, 0.6) is 0 Å². The van der Waals surface area contributed by atoms with Crippen LogP contribution in [0.3, 0.4) is 0 Å².